The predicted molar refractivity (Wildman–Crippen MR) is 110 cm³/mol. The molecule has 29 heavy (non-hydrogen) atoms. The van der Waals surface area contributed by atoms with Crippen molar-refractivity contribution < 1.29 is 23.9 Å². The summed E-state index contributed by atoms with van der Waals surface area (Å²) in [6.45, 7) is 9.36. The molecule has 3 amide bonds. The van der Waals surface area contributed by atoms with Crippen LogP contribution in [0.5, 0.6) is 0 Å². The van der Waals surface area contributed by atoms with Gasteiger partial charge in [-0.2, -0.15) is 0 Å². The molecule has 7 nitrogen and oxygen atoms in total. The van der Waals surface area contributed by atoms with E-state index in [1.165, 1.54) is 4.90 Å². The molecule has 0 aromatic heterocycles. The molecule has 4 aliphatic rings. The molecule has 0 radical (unpaired) electrons. The van der Waals surface area contributed by atoms with Gasteiger partial charge in [0.25, 0.3) is 5.91 Å². The molecule has 2 heterocycles. The second kappa shape index (κ2) is 7.46. The Kier molecular flexibility index (Phi) is 5.40. The fraction of sp³-hybridized carbons (Fsp3) is 0.857. The number of Topliss-reactive ketones (excluding diaryl/α,β-unsaturated/α-hetero) is 1. The lowest BCUT2D eigenvalue weighted by molar-refractivity contribution is -0.155. The molecular weight excluding hydrogens is 388 g/mol. The lowest BCUT2D eigenvalue weighted by atomic mass is 9.51. The van der Waals surface area contributed by atoms with Gasteiger partial charge in [-0.15, -0.1) is 0 Å². The lowest BCUT2D eigenvalue weighted by Gasteiger charge is -2.58. The fourth-order valence-corrected chi connectivity index (χ4v) is 6.03. The van der Waals surface area contributed by atoms with Gasteiger partial charge in [-0.05, 0) is 37.1 Å². The molecule has 2 aliphatic heterocycles. The zero-order valence-electron chi connectivity index (χ0n) is 18.0. The molecule has 0 bridgehead atoms. The zero-order chi connectivity index (χ0) is 20.9. The summed E-state index contributed by atoms with van der Waals surface area (Å²) in [7, 11) is -1.22. The van der Waals surface area contributed by atoms with Crippen molar-refractivity contribution in [1.82, 2.24) is 9.80 Å². The first-order chi connectivity index (χ1) is 13.6. The largest absolute Gasteiger partial charge is 0.381 e. The van der Waals surface area contributed by atoms with Gasteiger partial charge in [-0.25, -0.2) is 9.69 Å². The second-order valence-corrected chi connectivity index (χ2v) is 16.4. The highest BCUT2D eigenvalue weighted by Crippen LogP contribution is 2.60. The summed E-state index contributed by atoms with van der Waals surface area (Å²) in [6, 6.07) is 0.797. The van der Waals surface area contributed by atoms with Gasteiger partial charge >= 0.3 is 6.03 Å². The lowest BCUT2D eigenvalue weighted by Crippen LogP contribution is -2.65. The smallest absolute Gasteiger partial charge is 0.329 e. The number of nitrogens with zero attached hydrogens (tertiary/aromatic N) is 2. The van der Waals surface area contributed by atoms with Gasteiger partial charge in [0.2, 0.25) is 0 Å². The van der Waals surface area contributed by atoms with Gasteiger partial charge in [-0.3, -0.25) is 9.59 Å². The van der Waals surface area contributed by atoms with Crippen LogP contribution < -0.4 is 0 Å². The Balaban J connectivity index is 1.44. The summed E-state index contributed by atoms with van der Waals surface area (Å²) >= 11 is 0. The molecule has 0 N–H and O–H groups in total. The molecular formula is C21H34N2O5Si. The van der Waals surface area contributed by atoms with E-state index in [2.05, 4.69) is 19.6 Å². The van der Waals surface area contributed by atoms with Crippen LogP contribution >= 0.6 is 0 Å². The van der Waals surface area contributed by atoms with Crippen LogP contribution in [0.15, 0.2) is 0 Å². The molecule has 0 aromatic carbocycles. The van der Waals surface area contributed by atoms with Gasteiger partial charge < -0.3 is 14.4 Å². The minimum Gasteiger partial charge on any atom is -0.381 e. The van der Waals surface area contributed by atoms with Crippen molar-refractivity contribution in [2.45, 2.75) is 69.7 Å². The molecule has 2 aliphatic carbocycles. The number of imide groups is 1. The zero-order valence-corrected chi connectivity index (χ0v) is 19.0. The van der Waals surface area contributed by atoms with Crippen LogP contribution in [-0.2, 0) is 19.1 Å². The molecule has 0 aromatic rings. The molecule has 0 atom stereocenters. The first-order valence-corrected chi connectivity index (χ1v) is 14.7. The van der Waals surface area contributed by atoms with Gasteiger partial charge in [0, 0.05) is 40.0 Å². The molecule has 162 valence electrons. The standard InChI is InChI=1S/C21H34N2O5Si/c1-29(2,3)9-8-27-15-22-18(25)21(23(19(22)26)10-16-11-28-12-16)13-20(14-21)6-4-17(24)5-7-20/h16H,4-15H2,1-3H3. The maximum absolute atomic E-state index is 13.4. The van der Waals surface area contributed by atoms with Crippen molar-refractivity contribution in [2.75, 3.05) is 33.1 Å². The summed E-state index contributed by atoms with van der Waals surface area (Å²) in [6.07, 6.45) is 4.30. The molecule has 0 unspecified atom stereocenters. The van der Waals surface area contributed by atoms with Crippen LogP contribution in [0.4, 0.5) is 4.79 Å². The van der Waals surface area contributed by atoms with Crippen molar-refractivity contribution >= 4 is 25.8 Å². The molecule has 8 heteroatoms. The third kappa shape index (κ3) is 3.91. The van der Waals surface area contributed by atoms with E-state index < -0.39 is 13.6 Å². The number of ketones is 1. The Hall–Kier alpha value is -1.25. The maximum Gasteiger partial charge on any atom is 0.329 e. The maximum atomic E-state index is 13.4. The Morgan fingerprint density at radius 1 is 1.10 bits per heavy atom. The minimum absolute atomic E-state index is 0.0485. The van der Waals surface area contributed by atoms with E-state index in [-0.39, 0.29) is 24.1 Å². The Morgan fingerprint density at radius 3 is 2.31 bits per heavy atom. The van der Waals surface area contributed by atoms with Crippen LogP contribution in [0.2, 0.25) is 25.7 Å². The second-order valence-electron chi connectivity index (χ2n) is 10.8. The summed E-state index contributed by atoms with van der Waals surface area (Å²) in [5.41, 5.74) is -0.678. The van der Waals surface area contributed by atoms with Crippen LogP contribution in [0, 0.1) is 11.3 Å². The number of hydrogen-bond donors (Lipinski definition) is 0. The van der Waals surface area contributed by atoms with E-state index in [4.69, 9.17) is 9.47 Å². The van der Waals surface area contributed by atoms with Crippen molar-refractivity contribution in [1.29, 1.82) is 0 Å². The normalized spacial score (nSPS) is 26.4. The van der Waals surface area contributed by atoms with Crippen molar-refractivity contribution in [3.05, 3.63) is 0 Å². The van der Waals surface area contributed by atoms with Crippen LogP contribution in [0.3, 0.4) is 0 Å². The van der Waals surface area contributed by atoms with E-state index in [1.807, 2.05) is 4.90 Å². The first kappa shape index (κ1) is 21.0. The number of ether oxygens (including phenoxy) is 2. The van der Waals surface area contributed by atoms with E-state index in [0.29, 0.717) is 63.7 Å². The van der Waals surface area contributed by atoms with Crippen LogP contribution in [0.1, 0.15) is 38.5 Å². The molecule has 2 saturated carbocycles. The summed E-state index contributed by atoms with van der Waals surface area (Å²) in [5.74, 6) is 0.533. The van der Waals surface area contributed by atoms with Gasteiger partial charge in [-0.1, -0.05) is 19.6 Å². The van der Waals surface area contributed by atoms with Gasteiger partial charge in [0.05, 0.1) is 13.2 Å². The average Bonchev–Trinajstić information content (AvgIpc) is 2.77. The fourth-order valence-electron chi connectivity index (χ4n) is 5.28. The summed E-state index contributed by atoms with van der Waals surface area (Å²) in [5, 5.41) is 0. The molecule has 4 rings (SSSR count). The van der Waals surface area contributed by atoms with Crippen molar-refractivity contribution in [3.63, 3.8) is 0 Å². The average molecular weight is 423 g/mol. The van der Waals surface area contributed by atoms with Gasteiger partial charge in [0.15, 0.2) is 0 Å². The summed E-state index contributed by atoms with van der Waals surface area (Å²) in [4.78, 5) is 41.4. The topological polar surface area (TPSA) is 76.2 Å². The Morgan fingerprint density at radius 2 is 1.76 bits per heavy atom. The summed E-state index contributed by atoms with van der Waals surface area (Å²) < 4.78 is 11.1. The highest BCUT2D eigenvalue weighted by atomic mass is 28.3. The van der Waals surface area contributed by atoms with E-state index >= 15 is 0 Å². The van der Waals surface area contributed by atoms with Crippen molar-refractivity contribution in [2.24, 2.45) is 11.3 Å². The quantitative estimate of drug-likeness (QED) is 0.358. The number of hydrogen-bond acceptors (Lipinski definition) is 5. The van der Waals surface area contributed by atoms with Crippen molar-refractivity contribution in [3.8, 4) is 0 Å². The van der Waals surface area contributed by atoms with Gasteiger partial charge in [0.1, 0.15) is 18.1 Å². The Bertz CT molecular complexity index is 682. The number of carbonyl (C=O) groups excluding carboxylic acids is 3. The number of amides is 3. The highest BCUT2D eigenvalue weighted by molar-refractivity contribution is 6.76. The first-order valence-electron chi connectivity index (χ1n) is 11.0. The van der Waals surface area contributed by atoms with E-state index in [9.17, 15) is 14.4 Å². The van der Waals surface area contributed by atoms with E-state index in [1.54, 1.807) is 0 Å². The highest BCUT2D eigenvalue weighted by Gasteiger charge is 2.68. The third-order valence-corrected chi connectivity index (χ3v) is 8.89. The predicted octanol–water partition coefficient (Wildman–Crippen LogP) is 2.87. The third-order valence-electron chi connectivity index (χ3n) is 7.19. The molecule has 2 spiro atoms. The number of carbonyl (C=O) groups is 3. The minimum atomic E-state index is -1.22. The Labute approximate surface area is 174 Å². The van der Waals surface area contributed by atoms with E-state index in [0.717, 1.165) is 18.9 Å². The monoisotopic (exact) mass is 422 g/mol. The number of rotatable bonds is 7. The number of urea groups is 1. The molecule has 4 fully saturated rings. The molecule has 2 saturated heterocycles. The SMILES string of the molecule is C[Si](C)(C)CCOCN1C(=O)N(CC2COC2)C2(CC3(CCC(=O)CC3)C2)C1=O. The van der Waals surface area contributed by atoms with Crippen LogP contribution in [0.25, 0.3) is 0 Å². The van der Waals surface area contributed by atoms with Crippen LogP contribution in [-0.4, -0.2) is 74.2 Å².